The van der Waals surface area contributed by atoms with Crippen LogP contribution in [0.4, 0.5) is 0 Å². The van der Waals surface area contributed by atoms with Crippen LogP contribution in [0.1, 0.15) is 51.4 Å². The van der Waals surface area contributed by atoms with Crippen LogP contribution >= 0.6 is 0 Å². The first kappa shape index (κ1) is 19.9. The maximum absolute atomic E-state index is 13.0. The van der Waals surface area contributed by atoms with Gasteiger partial charge in [-0.3, -0.25) is 9.48 Å². The predicted molar refractivity (Wildman–Crippen MR) is 96.8 cm³/mol. The lowest BCUT2D eigenvalue weighted by molar-refractivity contribution is -0.122. The molecule has 1 aromatic rings. The smallest absolute Gasteiger partial charge is 0.246 e. The largest absolute Gasteiger partial charge is 0.352 e. The van der Waals surface area contributed by atoms with Crippen molar-refractivity contribution in [2.24, 2.45) is 5.92 Å². The standard InChI is InChI=1S/C17H30N4O3S/c1-12(2)13(3)18-16(22)11-21-15(5)17(14(4)19-21)25(23,24)20-9-7-6-8-10-20/h12-13H,6-11H2,1-5H3,(H,18,22)/t13-/m0/s1. The van der Waals surface area contributed by atoms with Crippen molar-refractivity contribution in [3.8, 4) is 0 Å². The molecule has 7 nitrogen and oxygen atoms in total. The topological polar surface area (TPSA) is 84.3 Å². The summed E-state index contributed by atoms with van der Waals surface area (Å²) < 4.78 is 29.0. The van der Waals surface area contributed by atoms with Crippen molar-refractivity contribution >= 4 is 15.9 Å². The van der Waals surface area contributed by atoms with Gasteiger partial charge in [0.15, 0.2) is 0 Å². The van der Waals surface area contributed by atoms with Gasteiger partial charge in [0.05, 0.1) is 11.4 Å². The first-order valence-electron chi connectivity index (χ1n) is 8.98. The van der Waals surface area contributed by atoms with Crippen LogP contribution in [0.2, 0.25) is 0 Å². The second kappa shape index (κ2) is 7.86. The van der Waals surface area contributed by atoms with Gasteiger partial charge in [-0.2, -0.15) is 9.40 Å². The third kappa shape index (κ3) is 4.41. The fourth-order valence-corrected chi connectivity index (χ4v) is 4.93. The van der Waals surface area contributed by atoms with Gasteiger partial charge >= 0.3 is 0 Å². The lowest BCUT2D eigenvalue weighted by atomic mass is 10.1. The van der Waals surface area contributed by atoms with E-state index in [2.05, 4.69) is 10.4 Å². The molecule has 1 saturated heterocycles. The number of carbonyl (C=O) groups excluding carboxylic acids is 1. The van der Waals surface area contributed by atoms with Crippen LogP contribution in [0.25, 0.3) is 0 Å². The molecule has 25 heavy (non-hydrogen) atoms. The van der Waals surface area contributed by atoms with Gasteiger partial charge in [0, 0.05) is 19.1 Å². The molecular weight excluding hydrogens is 340 g/mol. The first-order chi connectivity index (χ1) is 11.6. The molecular formula is C17H30N4O3S. The average molecular weight is 371 g/mol. The molecule has 1 N–H and O–H groups in total. The van der Waals surface area contributed by atoms with E-state index in [1.165, 1.54) is 4.68 Å². The van der Waals surface area contributed by atoms with E-state index >= 15 is 0 Å². The lowest BCUT2D eigenvalue weighted by Gasteiger charge is -2.26. The number of hydrogen-bond acceptors (Lipinski definition) is 4. The zero-order valence-electron chi connectivity index (χ0n) is 15.9. The molecule has 1 aliphatic rings. The molecule has 0 aromatic carbocycles. The summed E-state index contributed by atoms with van der Waals surface area (Å²) in [7, 11) is -3.56. The molecule has 1 aromatic heterocycles. The minimum Gasteiger partial charge on any atom is -0.352 e. The Morgan fingerprint density at radius 3 is 2.32 bits per heavy atom. The number of piperidine rings is 1. The van der Waals surface area contributed by atoms with E-state index in [9.17, 15) is 13.2 Å². The second-order valence-corrected chi connectivity index (χ2v) is 9.10. The SMILES string of the molecule is Cc1nn(CC(=O)N[C@@H](C)C(C)C)c(C)c1S(=O)(=O)N1CCCCC1. The number of nitrogens with one attached hydrogen (secondary N) is 1. The molecule has 2 rings (SSSR count). The van der Waals surface area contributed by atoms with Crippen molar-refractivity contribution in [1.82, 2.24) is 19.4 Å². The van der Waals surface area contributed by atoms with Gasteiger partial charge in [-0.05, 0) is 39.5 Å². The highest BCUT2D eigenvalue weighted by atomic mass is 32.2. The minimum absolute atomic E-state index is 0.0270. The normalized spacial score (nSPS) is 17.7. The Hall–Kier alpha value is -1.41. The summed E-state index contributed by atoms with van der Waals surface area (Å²) in [6.07, 6.45) is 2.85. The van der Waals surface area contributed by atoms with E-state index in [-0.39, 0.29) is 23.4 Å². The fraction of sp³-hybridized carbons (Fsp3) is 0.765. The van der Waals surface area contributed by atoms with Gasteiger partial charge in [-0.25, -0.2) is 8.42 Å². The first-order valence-corrected chi connectivity index (χ1v) is 10.4. The van der Waals surface area contributed by atoms with Crippen molar-refractivity contribution in [3.05, 3.63) is 11.4 Å². The molecule has 1 aliphatic heterocycles. The highest BCUT2D eigenvalue weighted by molar-refractivity contribution is 7.89. The number of hydrogen-bond donors (Lipinski definition) is 1. The Bertz CT molecular complexity index is 718. The number of amides is 1. The summed E-state index contributed by atoms with van der Waals surface area (Å²) in [6.45, 7) is 10.6. The molecule has 0 bridgehead atoms. The Kier molecular flexibility index (Phi) is 6.26. The monoisotopic (exact) mass is 370 g/mol. The number of aryl methyl sites for hydroxylation is 1. The fourth-order valence-electron chi connectivity index (χ4n) is 3.04. The van der Waals surface area contributed by atoms with E-state index < -0.39 is 10.0 Å². The molecule has 1 fully saturated rings. The van der Waals surface area contributed by atoms with Crippen molar-refractivity contribution in [1.29, 1.82) is 0 Å². The van der Waals surface area contributed by atoms with Crippen molar-refractivity contribution in [2.75, 3.05) is 13.1 Å². The van der Waals surface area contributed by atoms with Crippen LogP contribution in [-0.4, -0.2) is 47.5 Å². The maximum Gasteiger partial charge on any atom is 0.246 e. The summed E-state index contributed by atoms with van der Waals surface area (Å²) in [5.41, 5.74) is 0.975. The molecule has 1 atom stereocenters. The summed E-state index contributed by atoms with van der Waals surface area (Å²) in [5.74, 6) is 0.174. The molecule has 0 radical (unpaired) electrons. The third-order valence-corrected chi connectivity index (χ3v) is 7.06. The molecule has 0 saturated carbocycles. The van der Waals surface area contributed by atoms with Gasteiger partial charge in [-0.15, -0.1) is 0 Å². The highest BCUT2D eigenvalue weighted by Gasteiger charge is 2.32. The van der Waals surface area contributed by atoms with Crippen molar-refractivity contribution in [3.63, 3.8) is 0 Å². The molecule has 8 heteroatoms. The molecule has 1 amide bonds. The average Bonchev–Trinajstić information content (AvgIpc) is 2.82. The summed E-state index contributed by atoms with van der Waals surface area (Å²) in [4.78, 5) is 12.5. The number of nitrogens with zero attached hydrogens (tertiary/aromatic N) is 3. The van der Waals surface area contributed by atoms with E-state index in [0.717, 1.165) is 19.3 Å². The van der Waals surface area contributed by atoms with Crippen LogP contribution in [0.5, 0.6) is 0 Å². The van der Waals surface area contributed by atoms with Crippen molar-refractivity contribution in [2.45, 2.75) is 71.4 Å². The minimum atomic E-state index is -3.56. The van der Waals surface area contributed by atoms with E-state index in [4.69, 9.17) is 0 Å². The Balaban J connectivity index is 2.21. The third-order valence-electron chi connectivity index (χ3n) is 4.91. The van der Waals surface area contributed by atoms with Crippen LogP contribution in [0.3, 0.4) is 0 Å². The van der Waals surface area contributed by atoms with Gasteiger partial charge in [0.2, 0.25) is 15.9 Å². The van der Waals surface area contributed by atoms with Crippen LogP contribution in [0, 0.1) is 19.8 Å². The Morgan fingerprint density at radius 2 is 1.76 bits per heavy atom. The zero-order valence-corrected chi connectivity index (χ0v) is 16.7. The number of aromatic nitrogens is 2. The summed E-state index contributed by atoms with van der Waals surface area (Å²) >= 11 is 0. The molecule has 2 heterocycles. The van der Waals surface area contributed by atoms with Crippen LogP contribution in [-0.2, 0) is 21.4 Å². The van der Waals surface area contributed by atoms with E-state index in [1.54, 1.807) is 18.2 Å². The van der Waals surface area contributed by atoms with Gasteiger partial charge < -0.3 is 5.32 Å². The number of carbonyl (C=O) groups is 1. The van der Waals surface area contributed by atoms with E-state index in [0.29, 0.717) is 30.4 Å². The number of sulfonamides is 1. The number of rotatable bonds is 6. The van der Waals surface area contributed by atoms with Crippen molar-refractivity contribution < 1.29 is 13.2 Å². The highest BCUT2D eigenvalue weighted by Crippen LogP contribution is 2.26. The summed E-state index contributed by atoms with van der Waals surface area (Å²) in [6, 6.07) is 0.0565. The molecule has 0 aliphatic carbocycles. The van der Waals surface area contributed by atoms with Crippen LogP contribution in [0.15, 0.2) is 4.90 Å². The summed E-state index contributed by atoms with van der Waals surface area (Å²) in [5, 5.41) is 7.24. The second-order valence-electron chi connectivity index (χ2n) is 7.22. The van der Waals surface area contributed by atoms with Crippen LogP contribution < -0.4 is 5.32 Å². The maximum atomic E-state index is 13.0. The van der Waals surface area contributed by atoms with E-state index in [1.807, 2.05) is 20.8 Å². The molecule has 142 valence electrons. The molecule has 0 spiro atoms. The van der Waals surface area contributed by atoms with Gasteiger partial charge in [-0.1, -0.05) is 20.3 Å². The Morgan fingerprint density at radius 1 is 1.16 bits per heavy atom. The van der Waals surface area contributed by atoms with Gasteiger partial charge in [0.1, 0.15) is 11.4 Å². The predicted octanol–water partition coefficient (Wildman–Crippen LogP) is 1.84. The van der Waals surface area contributed by atoms with Gasteiger partial charge in [0.25, 0.3) is 0 Å². The zero-order chi connectivity index (χ0) is 18.8. The quantitative estimate of drug-likeness (QED) is 0.828. The molecule has 0 unspecified atom stereocenters. The Labute approximate surface area is 150 Å². The lowest BCUT2D eigenvalue weighted by Crippen LogP contribution is -2.38.